The molecule has 3 rings (SSSR count). The third-order valence-electron chi connectivity index (χ3n) is 5.22. The SMILES string of the molecule is COc1ccc(N/C=C(\C(=N)CN)C(=O)NCc2ccc(F)cc2C)c2ccc(C(F)(F)F)nc12. The van der Waals surface area contributed by atoms with Gasteiger partial charge in [-0.05, 0) is 54.4 Å². The fraction of sp³-hybridized carbons (Fsp3) is 0.208. The fourth-order valence-electron chi connectivity index (χ4n) is 3.32. The van der Waals surface area contributed by atoms with Gasteiger partial charge in [0.05, 0.1) is 18.4 Å². The highest BCUT2D eigenvalue weighted by atomic mass is 19.4. The Morgan fingerprint density at radius 1 is 1.20 bits per heavy atom. The van der Waals surface area contributed by atoms with Crippen LogP contribution in [0.4, 0.5) is 23.2 Å². The minimum atomic E-state index is -4.63. The number of halogens is 4. The summed E-state index contributed by atoms with van der Waals surface area (Å²) in [6.07, 6.45) is -3.38. The molecule has 1 aromatic heterocycles. The summed E-state index contributed by atoms with van der Waals surface area (Å²) in [6.45, 7) is 1.57. The van der Waals surface area contributed by atoms with Crippen LogP contribution >= 0.6 is 0 Å². The number of benzene rings is 2. The summed E-state index contributed by atoms with van der Waals surface area (Å²) in [6, 6.07) is 9.25. The average molecular weight is 489 g/mol. The Labute approximate surface area is 198 Å². The summed E-state index contributed by atoms with van der Waals surface area (Å²) < 4.78 is 57.9. The van der Waals surface area contributed by atoms with Gasteiger partial charge in [-0.25, -0.2) is 9.37 Å². The maximum atomic E-state index is 13.3. The standard InChI is InChI=1S/C24H23F4N5O2/c1-13-9-15(25)4-3-14(13)11-32-23(34)17(18(30)10-29)12-31-19-6-7-20(35-2)22-16(19)5-8-21(33-22)24(26,27)28/h3-9,12,30-31H,10-11,29H2,1-2H3,(H,32,34)/b17-12+,30-18?. The Morgan fingerprint density at radius 3 is 2.57 bits per heavy atom. The molecule has 0 aliphatic rings. The maximum Gasteiger partial charge on any atom is 0.433 e. The molecule has 0 fully saturated rings. The highest BCUT2D eigenvalue weighted by Crippen LogP contribution is 2.34. The van der Waals surface area contributed by atoms with Gasteiger partial charge < -0.3 is 26.5 Å². The van der Waals surface area contributed by atoms with Crippen molar-refractivity contribution in [3.05, 3.63) is 76.9 Å². The van der Waals surface area contributed by atoms with Crippen molar-refractivity contribution in [3.8, 4) is 5.75 Å². The first-order valence-corrected chi connectivity index (χ1v) is 10.4. The zero-order chi connectivity index (χ0) is 25.8. The van der Waals surface area contributed by atoms with E-state index >= 15 is 0 Å². The van der Waals surface area contributed by atoms with Gasteiger partial charge in [-0.1, -0.05) is 6.07 Å². The van der Waals surface area contributed by atoms with Crippen molar-refractivity contribution >= 4 is 28.2 Å². The second-order valence-corrected chi connectivity index (χ2v) is 7.54. The molecule has 3 aromatic rings. The molecule has 0 saturated carbocycles. The van der Waals surface area contributed by atoms with E-state index < -0.39 is 23.6 Å². The molecule has 0 saturated heterocycles. The van der Waals surface area contributed by atoms with Crippen molar-refractivity contribution in [1.82, 2.24) is 10.3 Å². The Balaban J connectivity index is 1.90. The van der Waals surface area contributed by atoms with Gasteiger partial charge in [0.25, 0.3) is 5.91 Å². The minimum Gasteiger partial charge on any atom is -0.494 e. The normalized spacial score (nSPS) is 11.9. The van der Waals surface area contributed by atoms with Gasteiger partial charge in [-0.3, -0.25) is 4.79 Å². The summed E-state index contributed by atoms with van der Waals surface area (Å²) in [7, 11) is 1.32. The topological polar surface area (TPSA) is 113 Å². The van der Waals surface area contributed by atoms with Crippen LogP contribution in [0.15, 0.2) is 54.2 Å². The predicted molar refractivity (Wildman–Crippen MR) is 125 cm³/mol. The van der Waals surface area contributed by atoms with E-state index in [1.165, 1.54) is 37.6 Å². The molecule has 0 aliphatic heterocycles. The Morgan fingerprint density at radius 2 is 1.94 bits per heavy atom. The number of ether oxygens (including phenoxy) is 1. The number of nitrogens with zero attached hydrogens (tertiary/aromatic N) is 1. The first-order valence-electron chi connectivity index (χ1n) is 10.4. The Kier molecular flexibility index (Phi) is 7.70. The number of nitrogens with one attached hydrogen (secondary N) is 3. The molecule has 7 nitrogen and oxygen atoms in total. The zero-order valence-electron chi connectivity index (χ0n) is 18.9. The molecule has 5 N–H and O–H groups in total. The first-order chi connectivity index (χ1) is 16.5. The van der Waals surface area contributed by atoms with E-state index in [-0.39, 0.29) is 35.6 Å². The van der Waals surface area contributed by atoms with Gasteiger partial charge in [0.1, 0.15) is 22.8 Å². The number of aromatic nitrogens is 1. The van der Waals surface area contributed by atoms with E-state index in [4.69, 9.17) is 15.9 Å². The molecule has 1 amide bonds. The number of methoxy groups -OCH3 is 1. The number of amides is 1. The van der Waals surface area contributed by atoms with Crippen molar-refractivity contribution < 1.29 is 27.1 Å². The second-order valence-electron chi connectivity index (χ2n) is 7.54. The molecule has 0 aliphatic carbocycles. The third kappa shape index (κ3) is 5.93. The Hall–Kier alpha value is -3.99. The average Bonchev–Trinajstić information content (AvgIpc) is 2.82. The number of carbonyl (C=O) groups excluding carboxylic acids is 1. The zero-order valence-corrected chi connectivity index (χ0v) is 18.9. The van der Waals surface area contributed by atoms with Crippen molar-refractivity contribution in [1.29, 1.82) is 5.41 Å². The number of carbonyl (C=O) groups is 1. The van der Waals surface area contributed by atoms with Crippen LogP contribution in [-0.4, -0.2) is 30.3 Å². The predicted octanol–water partition coefficient (Wildman–Crippen LogP) is 4.30. The molecule has 1 heterocycles. The molecule has 184 valence electrons. The smallest absolute Gasteiger partial charge is 0.433 e. The molecular weight excluding hydrogens is 466 g/mol. The lowest BCUT2D eigenvalue weighted by Gasteiger charge is -2.14. The number of nitrogens with two attached hydrogens (primary N) is 1. The van der Waals surface area contributed by atoms with E-state index in [1.54, 1.807) is 19.1 Å². The third-order valence-corrected chi connectivity index (χ3v) is 5.22. The van der Waals surface area contributed by atoms with Gasteiger partial charge in [0.2, 0.25) is 0 Å². The maximum absolute atomic E-state index is 13.3. The second kappa shape index (κ2) is 10.5. The summed E-state index contributed by atoms with van der Waals surface area (Å²) in [5.74, 6) is -0.856. The number of hydrogen-bond acceptors (Lipinski definition) is 6. The van der Waals surface area contributed by atoms with Crippen LogP contribution < -0.4 is 21.1 Å². The molecule has 0 atom stereocenters. The van der Waals surface area contributed by atoms with Crippen molar-refractivity contribution in [2.24, 2.45) is 5.73 Å². The van der Waals surface area contributed by atoms with Gasteiger partial charge in [0, 0.05) is 30.4 Å². The summed E-state index contributed by atoms with van der Waals surface area (Å²) in [5, 5.41) is 13.9. The molecule has 2 aromatic carbocycles. The van der Waals surface area contributed by atoms with Crippen molar-refractivity contribution in [2.75, 3.05) is 19.0 Å². The lowest BCUT2D eigenvalue weighted by Crippen LogP contribution is -2.31. The van der Waals surface area contributed by atoms with Crippen LogP contribution in [0.25, 0.3) is 10.9 Å². The minimum absolute atomic E-state index is 0.0209. The molecule has 11 heteroatoms. The highest BCUT2D eigenvalue weighted by Gasteiger charge is 2.33. The van der Waals surface area contributed by atoms with Gasteiger partial charge in [-0.2, -0.15) is 13.2 Å². The molecule has 0 bridgehead atoms. The number of hydrogen-bond donors (Lipinski definition) is 4. The molecule has 0 radical (unpaired) electrons. The number of alkyl halides is 3. The quantitative estimate of drug-likeness (QED) is 0.214. The molecular formula is C24H23F4N5O2. The van der Waals surface area contributed by atoms with Crippen LogP contribution in [0.3, 0.4) is 0 Å². The highest BCUT2D eigenvalue weighted by molar-refractivity contribution is 6.21. The van der Waals surface area contributed by atoms with Gasteiger partial charge in [0.15, 0.2) is 0 Å². The summed E-state index contributed by atoms with van der Waals surface area (Å²) >= 11 is 0. The lowest BCUT2D eigenvalue weighted by molar-refractivity contribution is -0.141. The molecule has 0 spiro atoms. The van der Waals surface area contributed by atoms with E-state index in [0.29, 0.717) is 22.2 Å². The fourth-order valence-corrected chi connectivity index (χ4v) is 3.32. The summed E-state index contributed by atoms with van der Waals surface area (Å²) in [5.41, 5.74) is 5.92. The van der Waals surface area contributed by atoms with Crippen LogP contribution in [0.5, 0.6) is 5.75 Å². The van der Waals surface area contributed by atoms with Crippen molar-refractivity contribution in [2.45, 2.75) is 19.6 Å². The van der Waals surface area contributed by atoms with E-state index in [1.807, 2.05) is 0 Å². The van der Waals surface area contributed by atoms with Gasteiger partial charge >= 0.3 is 6.18 Å². The van der Waals surface area contributed by atoms with Crippen LogP contribution in [0.1, 0.15) is 16.8 Å². The van der Waals surface area contributed by atoms with Crippen LogP contribution in [0, 0.1) is 18.2 Å². The number of pyridine rings is 1. The number of fused-ring (bicyclic) bond motifs is 1. The van der Waals surface area contributed by atoms with Gasteiger partial charge in [-0.15, -0.1) is 0 Å². The van der Waals surface area contributed by atoms with E-state index in [0.717, 1.165) is 6.07 Å². The van der Waals surface area contributed by atoms with E-state index in [9.17, 15) is 22.4 Å². The first kappa shape index (κ1) is 25.6. The monoisotopic (exact) mass is 489 g/mol. The van der Waals surface area contributed by atoms with E-state index in [2.05, 4.69) is 15.6 Å². The molecule has 35 heavy (non-hydrogen) atoms. The number of aryl methyl sites for hydroxylation is 1. The van der Waals surface area contributed by atoms with Crippen LogP contribution in [0.2, 0.25) is 0 Å². The number of anilines is 1. The lowest BCUT2D eigenvalue weighted by atomic mass is 10.1. The van der Waals surface area contributed by atoms with Crippen LogP contribution in [-0.2, 0) is 17.5 Å². The molecule has 0 unspecified atom stereocenters. The van der Waals surface area contributed by atoms with Crippen molar-refractivity contribution in [3.63, 3.8) is 0 Å². The Bertz CT molecular complexity index is 1310. The summed E-state index contributed by atoms with van der Waals surface area (Å²) in [4.78, 5) is 16.5. The largest absolute Gasteiger partial charge is 0.494 e. The number of rotatable bonds is 8.